The number of hydrogen-bond donors (Lipinski definition) is 1. The molecule has 12 heavy (non-hydrogen) atoms. The minimum Gasteiger partial charge on any atom is -0.368 e. The van der Waals surface area contributed by atoms with Crippen molar-refractivity contribution < 1.29 is 19.3 Å². The number of fused-ring (bicyclic) bond motifs is 1. The van der Waals surface area contributed by atoms with Crippen molar-refractivity contribution in [1.82, 2.24) is 0 Å². The maximum atomic E-state index is 9.17. The number of ether oxygens (including phenoxy) is 3. The molecule has 0 amide bonds. The molecule has 4 heteroatoms. The van der Waals surface area contributed by atoms with E-state index < -0.39 is 12.1 Å². The summed E-state index contributed by atoms with van der Waals surface area (Å²) in [7, 11) is 0. The van der Waals surface area contributed by atoms with Crippen LogP contribution in [0.2, 0.25) is 0 Å². The lowest BCUT2D eigenvalue weighted by Gasteiger charge is -2.36. The zero-order valence-electron chi connectivity index (χ0n) is 7.32. The van der Waals surface area contributed by atoms with E-state index >= 15 is 0 Å². The van der Waals surface area contributed by atoms with Crippen LogP contribution in [0, 0.1) is 5.92 Å². The summed E-state index contributed by atoms with van der Waals surface area (Å²) < 4.78 is 16.0. The van der Waals surface area contributed by atoms with Gasteiger partial charge < -0.3 is 19.3 Å². The summed E-state index contributed by atoms with van der Waals surface area (Å²) in [5, 5.41) is 9.17. The van der Waals surface area contributed by atoms with Gasteiger partial charge in [0.15, 0.2) is 18.4 Å². The van der Waals surface area contributed by atoms with Crippen LogP contribution in [0.15, 0.2) is 0 Å². The first-order valence-corrected chi connectivity index (χ1v) is 4.22. The molecular formula is C8H14O4. The molecule has 2 aliphatic rings. The van der Waals surface area contributed by atoms with Gasteiger partial charge in [0, 0.05) is 12.3 Å². The third-order valence-electron chi connectivity index (χ3n) is 2.23. The largest absolute Gasteiger partial charge is 0.368 e. The predicted molar refractivity (Wildman–Crippen MR) is 40.1 cm³/mol. The van der Waals surface area contributed by atoms with E-state index in [1.807, 2.05) is 13.8 Å². The van der Waals surface area contributed by atoms with Crippen molar-refractivity contribution >= 4 is 0 Å². The van der Waals surface area contributed by atoms with Gasteiger partial charge in [-0.05, 0) is 13.8 Å². The highest BCUT2D eigenvalue weighted by Crippen LogP contribution is 2.34. The molecule has 3 unspecified atom stereocenters. The summed E-state index contributed by atoms with van der Waals surface area (Å²) in [5.74, 6) is -0.390. The summed E-state index contributed by atoms with van der Waals surface area (Å²) in [6.45, 7) is 4.29. The molecule has 70 valence electrons. The second kappa shape index (κ2) is 2.67. The first kappa shape index (κ1) is 8.44. The van der Waals surface area contributed by atoms with Gasteiger partial charge in [-0.15, -0.1) is 0 Å². The topological polar surface area (TPSA) is 47.9 Å². The standard InChI is InChI=1S/C8H14O4/c1-8(2)10-4-5-3-6(9)11-7(5)12-8/h5-7,9H,3-4H2,1-2H3. The molecular weight excluding hydrogens is 160 g/mol. The van der Waals surface area contributed by atoms with Gasteiger partial charge in [0.1, 0.15) is 0 Å². The van der Waals surface area contributed by atoms with E-state index in [1.54, 1.807) is 0 Å². The maximum Gasteiger partial charge on any atom is 0.169 e. The average molecular weight is 174 g/mol. The fourth-order valence-corrected chi connectivity index (χ4v) is 1.58. The van der Waals surface area contributed by atoms with Crippen LogP contribution >= 0.6 is 0 Å². The highest BCUT2D eigenvalue weighted by Gasteiger charge is 2.43. The summed E-state index contributed by atoms with van der Waals surface area (Å²) in [4.78, 5) is 0. The highest BCUT2D eigenvalue weighted by molar-refractivity contribution is 4.77. The van der Waals surface area contributed by atoms with E-state index in [0.29, 0.717) is 13.0 Å². The molecule has 0 radical (unpaired) electrons. The van der Waals surface area contributed by atoms with Crippen LogP contribution in [-0.4, -0.2) is 30.1 Å². The second-order valence-electron chi connectivity index (χ2n) is 3.78. The van der Waals surface area contributed by atoms with E-state index in [2.05, 4.69) is 0 Å². The van der Waals surface area contributed by atoms with Gasteiger partial charge in [-0.25, -0.2) is 0 Å². The summed E-state index contributed by atoms with van der Waals surface area (Å²) in [6, 6.07) is 0. The van der Waals surface area contributed by atoms with Crippen molar-refractivity contribution in [3.05, 3.63) is 0 Å². The van der Waals surface area contributed by atoms with Crippen molar-refractivity contribution in [3.63, 3.8) is 0 Å². The van der Waals surface area contributed by atoms with Crippen LogP contribution in [0.5, 0.6) is 0 Å². The van der Waals surface area contributed by atoms with Gasteiger partial charge in [-0.2, -0.15) is 0 Å². The minimum atomic E-state index is -0.683. The van der Waals surface area contributed by atoms with Gasteiger partial charge >= 0.3 is 0 Å². The van der Waals surface area contributed by atoms with Crippen LogP contribution in [0.4, 0.5) is 0 Å². The number of aliphatic hydroxyl groups excluding tert-OH is 1. The molecule has 2 saturated heterocycles. The Kier molecular flexibility index (Phi) is 1.88. The quantitative estimate of drug-likeness (QED) is 0.579. The average Bonchev–Trinajstić information content (AvgIpc) is 2.26. The highest BCUT2D eigenvalue weighted by atomic mass is 16.8. The fraction of sp³-hybridized carbons (Fsp3) is 1.00. The van der Waals surface area contributed by atoms with Crippen molar-refractivity contribution in [2.75, 3.05) is 6.61 Å². The third-order valence-corrected chi connectivity index (χ3v) is 2.23. The fourth-order valence-electron chi connectivity index (χ4n) is 1.58. The summed E-state index contributed by atoms with van der Waals surface area (Å²) >= 11 is 0. The van der Waals surface area contributed by atoms with Crippen molar-refractivity contribution in [3.8, 4) is 0 Å². The van der Waals surface area contributed by atoms with Crippen molar-refractivity contribution in [1.29, 1.82) is 0 Å². The Labute approximate surface area is 71.4 Å². The van der Waals surface area contributed by atoms with Gasteiger partial charge in [-0.3, -0.25) is 0 Å². The third kappa shape index (κ3) is 1.47. The van der Waals surface area contributed by atoms with Crippen LogP contribution < -0.4 is 0 Å². The Balaban J connectivity index is 2.02. The van der Waals surface area contributed by atoms with E-state index in [4.69, 9.17) is 14.2 Å². The number of aliphatic hydroxyl groups is 1. The lowest BCUT2D eigenvalue weighted by atomic mass is 10.1. The van der Waals surface area contributed by atoms with E-state index in [0.717, 1.165) is 0 Å². The van der Waals surface area contributed by atoms with Gasteiger partial charge in [0.25, 0.3) is 0 Å². The van der Waals surface area contributed by atoms with Crippen molar-refractivity contribution in [2.45, 2.75) is 38.6 Å². The monoisotopic (exact) mass is 174 g/mol. The van der Waals surface area contributed by atoms with E-state index in [9.17, 15) is 5.11 Å². The molecule has 0 aromatic rings. The van der Waals surface area contributed by atoms with Crippen LogP contribution in [0.1, 0.15) is 20.3 Å². The Morgan fingerprint density at radius 2 is 2.17 bits per heavy atom. The van der Waals surface area contributed by atoms with Gasteiger partial charge in [-0.1, -0.05) is 0 Å². The Bertz CT molecular complexity index is 180. The van der Waals surface area contributed by atoms with Crippen LogP contribution in [-0.2, 0) is 14.2 Å². The van der Waals surface area contributed by atoms with Crippen LogP contribution in [0.25, 0.3) is 0 Å². The molecule has 2 aliphatic heterocycles. The molecule has 0 aliphatic carbocycles. The summed E-state index contributed by atoms with van der Waals surface area (Å²) in [6.07, 6.45) is -0.359. The number of rotatable bonds is 0. The Morgan fingerprint density at radius 1 is 1.42 bits per heavy atom. The first-order valence-electron chi connectivity index (χ1n) is 4.22. The lowest BCUT2D eigenvalue weighted by molar-refractivity contribution is -0.343. The molecule has 0 aromatic carbocycles. The first-order chi connectivity index (χ1) is 5.57. The maximum absolute atomic E-state index is 9.17. The van der Waals surface area contributed by atoms with Gasteiger partial charge in [0.2, 0.25) is 0 Å². The Hall–Kier alpha value is -0.160. The molecule has 3 atom stereocenters. The molecule has 2 heterocycles. The van der Waals surface area contributed by atoms with Crippen LogP contribution in [0.3, 0.4) is 0 Å². The minimum absolute atomic E-state index is 0.188. The molecule has 0 saturated carbocycles. The number of hydrogen-bond acceptors (Lipinski definition) is 4. The summed E-state index contributed by atoms with van der Waals surface area (Å²) in [5.41, 5.74) is 0. The van der Waals surface area contributed by atoms with E-state index in [-0.39, 0.29) is 12.2 Å². The predicted octanol–water partition coefficient (Wildman–Crippen LogP) is 0.450. The molecule has 0 spiro atoms. The lowest BCUT2D eigenvalue weighted by Crippen LogP contribution is -2.43. The molecule has 2 fully saturated rings. The van der Waals surface area contributed by atoms with Crippen molar-refractivity contribution in [2.24, 2.45) is 5.92 Å². The molecule has 0 aromatic heterocycles. The normalized spacial score (nSPS) is 45.8. The molecule has 2 rings (SSSR count). The SMILES string of the molecule is CC1(C)OCC2CC(O)OC2O1. The zero-order chi connectivity index (χ0) is 8.77. The zero-order valence-corrected chi connectivity index (χ0v) is 7.32. The van der Waals surface area contributed by atoms with E-state index in [1.165, 1.54) is 0 Å². The molecule has 4 nitrogen and oxygen atoms in total. The molecule has 1 N–H and O–H groups in total. The molecule has 0 bridgehead atoms. The van der Waals surface area contributed by atoms with Gasteiger partial charge in [0.05, 0.1) is 6.61 Å². The smallest absolute Gasteiger partial charge is 0.169 e. The second-order valence-corrected chi connectivity index (χ2v) is 3.78. The Morgan fingerprint density at radius 3 is 2.92 bits per heavy atom.